The van der Waals surface area contributed by atoms with Crippen molar-refractivity contribution in [1.29, 1.82) is 0 Å². The van der Waals surface area contributed by atoms with Gasteiger partial charge in [0, 0.05) is 29.9 Å². The lowest BCUT2D eigenvalue weighted by Gasteiger charge is -2.34. The molecule has 0 aliphatic carbocycles. The quantitative estimate of drug-likeness (QED) is 0.829. The molecule has 1 fully saturated rings. The zero-order chi connectivity index (χ0) is 14.5. The van der Waals surface area contributed by atoms with Crippen molar-refractivity contribution in [1.82, 2.24) is 9.88 Å². The van der Waals surface area contributed by atoms with Gasteiger partial charge in [-0.2, -0.15) is 11.8 Å². The van der Waals surface area contributed by atoms with Crippen LogP contribution in [0.15, 0.2) is 5.38 Å². The Morgan fingerprint density at radius 3 is 3.05 bits per heavy atom. The summed E-state index contributed by atoms with van der Waals surface area (Å²) >= 11 is 3.10. The molecule has 0 spiro atoms. The molecule has 0 radical (unpaired) electrons. The summed E-state index contributed by atoms with van der Waals surface area (Å²) in [6.45, 7) is 1.08. The summed E-state index contributed by atoms with van der Waals surface area (Å²) < 4.78 is 0. The van der Waals surface area contributed by atoms with Crippen molar-refractivity contribution < 1.29 is 14.7 Å². The van der Waals surface area contributed by atoms with Crippen LogP contribution in [0.25, 0.3) is 0 Å². The van der Waals surface area contributed by atoms with Gasteiger partial charge in [0.05, 0.1) is 17.5 Å². The average molecular weight is 315 g/mol. The van der Waals surface area contributed by atoms with Crippen molar-refractivity contribution in [3.8, 4) is 0 Å². The number of carboxylic acids is 1. The van der Waals surface area contributed by atoms with Gasteiger partial charge in [-0.15, -0.1) is 11.3 Å². The van der Waals surface area contributed by atoms with Gasteiger partial charge in [-0.3, -0.25) is 9.59 Å². The molecule has 110 valence electrons. The first-order valence-corrected chi connectivity index (χ1v) is 8.40. The van der Waals surface area contributed by atoms with Crippen molar-refractivity contribution >= 4 is 35.0 Å². The number of hydrogen-bond acceptors (Lipinski definition) is 6. The predicted octanol–water partition coefficient (Wildman–Crippen LogP) is 0.677. The molecule has 6 nitrogen and oxygen atoms in total. The number of thioether (sulfide) groups is 1. The molecule has 0 saturated carbocycles. The van der Waals surface area contributed by atoms with E-state index in [1.54, 1.807) is 22.0 Å². The number of carbonyl (C=O) groups excluding carboxylic acids is 1. The number of amides is 1. The Kier molecular flexibility index (Phi) is 5.38. The van der Waals surface area contributed by atoms with Gasteiger partial charge in [-0.05, 0) is 6.54 Å². The summed E-state index contributed by atoms with van der Waals surface area (Å²) in [6.07, 6.45) is 0.644. The highest BCUT2D eigenvalue weighted by atomic mass is 32.2. The highest BCUT2D eigenvalue weighted by molar-refractivity contribution is 7.99. The number of rotatable bonds is 5. The van der Waals surface area contributed by atoms with Gasteiger partial charge in [0.25, 0.3) is 5.91 Å². The Bertz CT molecular complexity index is 492. The van der Waals surface area contributed by atoms with Crippen LogP contribution in [0.3, 0.4) is 0 Å². The lowest BCUT2D eigenvalue weighted by atomic mass is 10.2. The van der Waals surface area contributed by atoms with Crippen LogP contribution >= 0.6 is 23.1 Å². The number of nitrogens with two attached hydrogens (primary N) is 1. The van der Waals surface area contributed by atoms with Gasteiger partial charge in [0.1, 0.15) is 5.69 Å². The van der Waals surface area contributed by atoms with Crippen molar-refractivity contribution in [2.24, 2.45) is 5.73 Å². The first-order valence-electron chi connectivity index (χ1n) is 6.36. The second-order valence-corrected chi connectivity index (χ2v) is 6.58. The summed E-state index contributed by atoms with van der Waals surface area (Å²) in [7, 11) is 0. The van der Waals surface area contributed by atoms with Crippen molar-refractivity contribution in [3.05, 3.63) is 16.1 Å². The molecule has 1 saturated heterocycles. The van der Waals surface area contributed by atoms with E-state index in [0.29, 0.717) is 31.0 Å². The van der Waals surface area contributed by atoms with E-state index in [0.717, 1.165) is 10.8 Å². The molecule has 2 heterocycles. The van der Waals surface area contributed by atoms with Crippen molar-refractivity contribution in [3.63, 3.8) is 0 Å². The minimum atomic E-state index is -0.877. The maximum absolute atomic E-state index is 12.4. The fourth-order valence-electron chi connectivity index (χ4n) is 2.09. The Morgan fingerprint density at radius 1 is 1.55 bits per heavy atom. The molecular weight excluding hydrogens is 298 g/mol. The minimum absolute atomic E-state index is 0.0153. The highest BCUT2D eigenvalue weighted by Gasteiger charge is 2.30. The topological polar surface area (TPSA) is 96.5 Å². The van der Waals surface area contributed by atoms with Crippen LogP contribution in [-0.4, -0.2) is 57.5 Å². The fraction of sp³-hybridized carbons (Fsp3) is 0.583. The molecule has 1 amide bonds. The zero-order valence-electron chi connectivity index (χ0n) is 10.9. The molecule has 1 aliphatic heterocycles. The molecule has 3 N–H and O–H groups in total. The molecule has 1 aromatic heterocycles. The molecular formula is C12H17N3O3S2. The maximum atomic E-state index is 12.4. The Labute approximate surface area is 125 Å². The summed E-state index contributed by atoms with van der Waals surface area (Å²) in [4.78, 5) is 29.3. The van der Waals surface area contributed by atoms with Crippen molar-refractivity contribution in [2.45, 2.75) is 18.9 Å². The highest BCUT2D eigenvalue weighted by Crippen LogP contribution is 2.22. The van der Waals surface area contributed by atoms with Gasteiger partial charge in [-0.1, -0.05) is 0 Å². The smallest absolute Gasteiger partial charge is 0.305 e. The Hall–Kier alpha value is -1.12. The third-order valence-electron chi connectivity index (χ3n) is 3.03. The molecule has 0 bridgehead atoms. The number of nitrogens with zero attached hydrogens (tertiary/aromatic N) is 2. The van der Waals surface area contributed by atoms with Crippen LogP contribution in [0.2, 0.25) is 0 Å². The SMILES string of the molecule is NCCc1nc(C(=O)N2CCSCC2CC(=O)O)cs1. The van der Waals surface area contributed by atoms with Gasteiger partial charge < -0.3 is 15.7 Å². The van der Waals surface area contributed by atoms with E-state index in [9.17, 15) is 9.59 Å². The molecule has 2 rings (SSSR count). The standard InChI is InChI=1S/C12H17N3O3S2/c13-2-1-10-14-9(7-20-10)12(18)15-3-4-19-6-8(15)5-11(16)17/h7-8H,1-6,13H2,(H,16,17). The largest absolute Gasteiger partial charge is 0.481 e. The summed E-state index contributed by atoms with van der Waals surface area (Å²) in [5.41, 5.74) is 5.87. The van der Waals surface area contributed by atoms with Gasteiger partial charge in [0.2, 0.25) is 0 Å². The Morgan fingerprint density at radius 2 is 2.35 bits per heavy atom. The van der Waals surface area contributed by atoms with E-state index < -0.39 is 5.97 Å². The third-order valence-corrected chi connectivity index (χ3v) is 5.03. The molecule has 1 unspecified atom stereocenters. The average Bonchev–Trinajstić information content (AvgIpc) is 2.87. The second kappa shape index (κ2) is 7.05. The minimum Gasteiger partial charge on any atom is -0.481 e. The van der Waals surface area contributed by atoms with Crippen LogP contribution in [0.1, 0.15) is 21.9 Å². The first-order chi connectivity index (χ1) is 9.61. The molecule has 1 atom stereocenters. The predicted molar refractivity (Wildman–Crippen MR) is 79.3 cm³/mol. The number of thiazole rings is 1. The van der Waals surface area contributed by atoms with Crippen LogP contribution < -0.4 is 5.73 Å². The van der Waals surface area contributed by atoms with E-state index >= 15 is 0 Å². The number of hydrogen-bond donors (Lipinski definition) is 2. The van der Waals surface area contributed by atoms with E-state index in [1.165, 1.54) is 11.3 Å². The van der Waals surface area contributed by atoms with E-state index in [-0.39, 0.29) is 18.4 Å². The van der Waals surface area contributed by atoms with Gasteiger partial charge >= 0.3 is 5.97 Å². The monoisotopic (exact) mass is 315 g/mol. The molecule has 1 aromatic rings. The van der Waals surface area contributed by atoms with Crippen LogP contribution in [0, 0.1) is 0 Å². The number of carboxylic acid groups (broad SMARTS) is 1. The third kappa shape index (κ3) is 3.71. The summed E-state index contributed by atoms with van der Waals surface area (Å²) in [6, 6.07) is -0.251. The number of aliphatic carboxylic acids is 1. The number of carbonyl (C=O) groups is 2. The van der Waals surface area contributed by atoms with Gasteiger partial charge in [0.15, 0.2) is 0 Å². The fourth-order valence-corrected chi connectivity index (χ4v) is 3.94. The van der Waals surface area contributed by atoms with E-state index in [4.69, 9.17) is 10.8 Å². The molecule has 8 heteroatoms. The van der Waals surface area contributed by atoms with Crippen LogP contribution in [0.5, 0.6) is 0 Å². The maximum Gasteiger partial charge on any atom is 0.305 e. The lowest BCUT2D eigenvalue weighted by molar-refractivity contribution is -0.138. The first kappa shape index (κ1) is 15.3. The second-order valence-electron chi connectivity index (χ2n) is 4.49. The van der Waals surface area contributed by atoms with E-state index in [2.05, 4.69) is 4.98 Å². The van der Waals surface area contributed by atoms with Crippen LogP contribution in [-0.2, 0) is 11.2 Å². The summed E-state index contributed by atoms with van der Waals surface area (Å²) in [5.74, 6) is 0.452. The van der Waals surface area contributed by atoms with Crippen LogP contribution in [0.4, 0.5) is 0 Å². The zero-order valence-corrected chi connectivity index (χ0v) is 12.6. The normalized spacial score (nSPS) is 19.1. The molecule has 1 aliphatic rings. The lowest BCUT2D eigenvalue weighted by Crippen LogP contribution is -2.47. The summed E-state index contributed by atoms with van der Waals surface area (Å²) in [5, 5.41) is 11.5. The van der Waals surface area contributed by atoms with Crippen molar-refractivity contribution in [2.75, 3.05) is 24.6 Å². The Balaban J connectivity index is 2.09. The molecule has 0 aromatic carbocycles. The van der Waals surface area contributed by atoms with Gasteiger partial charge in [-0.25, -0.2) is 4.98 Å². The molecule has 20 heavy (non-hydrogen) atoms. The number of aromatic nitrogens is 1. The van der Waals surface area contributed by atoms with E-state index in [1.807, 2.05) is 0 Å².